The molecule has 0 radical (unpaired) electrons. The Bertz CT molecular complexity index is 432. The van der Waals surface area contributed by atoms with Crippen molar-refractivity contribution in [2.75, 3.05) is 34.2 Å². The lowest BCUT2D eigenvalue weighted by atomic mass is 10.2. The SMILES string of the molecule is CN(C)CCNC(=O)CC(=O)N(C)Cc1ccccc1. The van der Waals surface area contributed by atoms with Crippen LogP contribution in [0.2, 0.25) is 0 Å². The molecule has 0 aliphatic carbocycles. The van der Waals surface area contributed by atoms with Crippen molar-refractivity contribution in [3.63, 3.8) is 0 Å². The lowest BCUT2D eigenvalue weighted by molar-refractivity contribution is -0.135. The van der Waals surface area contributed by atoms with Gasteiger partial charge in [0.05, 0.1) is 0 Å². The number of benzene rings is 1. The number of nitrogens with one attached hydrogen (secondary N) is 1. The third kappa shape index (κ3) is 6.33. The minimum atomic E-state index is -0.225. The normalized spacial score (nSPS) is 10.4. The molecule has 5 nitrogen and oxygen atoms in total. The van der Waals surface area contributed by atoms with E-state index in [9.17, 15) is 9.59 Å². The fraction of sp³-hybridized carbons (Fsp3) is 0.467. The third-order valence-electron chi connectivity index (χ3n) is 2.88. The van der Waals surface area contributed by atoms with Crippen LogP contribution in [0.15, 0.2) is 30.3 Å². The van der Waals surface area contributed by atoms with Crippen LogP contribution >= 0.6 is 0 Å². The van der Waals surface area contributed by atoms with Crippen molar-refractivity contribution in [3.05, 3.63) is 35.9 Å². The van der Waals surface area contributed by atoms with Crippen LogP contribution < -0.4 is 5.32 Å². The lowest BCUT2D eigenvalue weighted by Gasteiger charge is -2.17. The van der Waals surface area contributed by atoms with Gasteiger partial charge in [0.1, 0.15) is 6.42 Å². The predicted octanol–water partition coefficient (Wildman–Crippen LogP) is 0.713. The van der Waals surface area contributed by atoms with Gasteiger partial charge in [-0.05, 0) is 19.7 Å². The molecule has 0 aliphatic rings. The van der Waals surface area contributed by atoms with Crippen LogP contribution in [0.4, 0.5) is 0 Å². The van der Waals surface area contributed by atoms with Gasteiger partial charge in [0.25, 0.3) is 0 Å². The third-order valence-corrected chi connectivity index (χ3v) is 2.88. The van der Waals surface area contributed by atoms with Gasteiger partial charge in [-0.2, -0.15) is 0 Å². The minimum Gasteiger partial charge on any atom is -0.354 e. The molecule has 1 N–H and O–H groups in total. The first-order valence-electron chi connectivity index (χ1n) is 6.68. The van der Waals surface area contributed by atoms with E-state index in [4.69, 9.17) is 0 Å². The van der Waals surface area contributed by atoms with Crippen molar-refractivity contribution in [1.82, 2.24) is 15.1 Å². The van der Waals surface area contributed by atoms with Crippen molar-refractivity contribution in [1.29, 1.82) is 0 Å². The Balaban J connectivity index is 2.32. The van der Waals surface area contributed by atoms with E-state index in [-0.39, 0.29) is 18.2 Å². The van der Waals surface area contributed by atoms with Crippen molar-refractivity contribution < 1.29 is 9.59 Å². The molecule has 2 amide bonds. The van der Waals surface area contributed by atoms with Gasteiger partial charge in [0, 0.05) is 26.7 Å². The van der Waals surface area contributed by atoms with Crippen molar-refractivity contribution in [2.24, 2.45) is 0 Å². The Morgan fingerprint density at radius 2 is 1.75 bits per heavy atom. The Morgan fingerprint density at radius 1 is 1.10 bits per heavy atom. The van der Waals surface area contributed by atoms with Crippen LogP contribution in [0, 0.1) is 0 Å². The zero-order valence-electron chi connectivity index (χ0n) is 12.4. The molecule has 0 saturated carbocycles. The number of rotatable bonds is 7. The van der Waals surface area contributed by atoms with E-state index in [1.54, 1.807) is 11.9 Å². The summed E-state index contributed by atoms with van der Waals surface area (Å²) in [5, 5.41) is 2.74. The smallest absolute Gasteiger partial charge is 0.232 e. The van der Waals surface area contributed by atoms with Crippen LogP contribution in [0.3, 0.4) is 0 Å². The van der Waals surface area contributed by atoms with Crippen LogP contribution in [0.5, 0.6) is 0 Å². The summed E-state index contributed by atoms with van der Waals surface area (Å²) in [7, 11) is 5.58. The number of hydrogen-bond donors (Lipinski definition) is 1. The molecule has 0 heterocycles. The Morgan fingerprint density at radius 3 is 2.35 bits per heavy atom. The quantitative estimate of drug-likeness (QED) is 0.747. The Kier molecular flexibility index (Phi) is 6.73. The summed E-state index contributed by atoms with van der Waals surface area (Å²) in [6, 6.07) is 9.72. The summed E-state index contributed by atoms with van der Waals surface area (Å²) in [5.41, 5.74) is 1.05. The highest BCUT2D eigenvalue weighted by atomic mass is 16.2. The van der Waals surface area contributed by atoms with E-state index in [0.717, 1.165) is 12.1 Å². The standard InChI is InChI=1S/C15H23N3O2/c1-17(2)10-9-16-14(19)11-15(20)18(3)12-13-7-5-4-6-8-13/h4-8H,9-12H2,1-3H3,(H,16,19). The number of nitrogens with zero attached hydrogens (tertiary/aromatic N) is 2. The molecule has 0 aromatic heterocycles. The van der Waals surface area contributed by atoms with E-state index in [1.165, 1.54) is 0 Å². The molecule has 1 aromatic rings. The highest BCUT2D eigenvalue weighted by Crippen LogP contribution is 2.03. The molecular formula is C15H23N3O2. The van der Waals surface area contributed by atoms with Gasteiger partial charge in [-0.1, -0.05) is 30.3 Å². The number of likely N-dealkylation sites (N-methyl/N-ethyl adjacent to an activating group) is 1. The second-order valence-electron chi connectivity index (χ2n) is 5.07. The molecule has 0 fully saturated rings. The van der Waals surface area contributed by atoms with Gasteiger partial charge in [-0.15, -0.1) is 0 Å². The summed E-state index contributed by atoms with van der Waals surface area (Å²) in [6.07, 6.45) is -0.100. The molecule has 0 spiro atoms. The fourth-order valence-corrected chi connectivity index (χ4v) is 1.70. The molecule has 1 rings (SSSR count). The Labute approximate surface area is 120 Å². The molecule has 0 bridgehead atoms. The van der Waals surface area contributed by atoms with Crippen molar-refractivity contribution in [2.45, 2.75) is 13.0 Å². The largest absolute Gasteiger partial charge is 0.354 e. The highest BCUT2D eigenvalue weighted by molar-refractivity contribution is 5.96. The average Bonchev–Trinajstić information content (AvgIpc) is 2.39. The number of hydrogen-bond acceptors (Lipinski definition) is 3. The monoisotopic (exact) mass is 277 g/mol. The molecule has 0 atom stereocenters. The summed E-state index contributed by atoms with van der Waals surface area (Å²) in [4.78, 5) is 27.1. The van der Waals surface area contributed by atoms with Crippen LogP contribution in [-0.4, -0.2) is 55.8 Å². The average molecular weight is 277 g/mol. The van der Waals surface area contributed by atoms with E-state index >= 15 is 0 Å². The predicted molar refractivity (Wildman–Crippen MR) is 79.1 cm³/mol. The maximum Gasteiger partial charge on any atom is 0.232 e. The molecule has 110 valence electrons. The molecular weight excluding hydrogens is 254 g/mol. The summed E-state index contributed by atoms with van der Waals surface area (Å²) in [6.45, 7) is 1.84. The van der Waals surface area contributed by atoms with Gasteiger partial charge in [0.15, 0.2) is 0 Å². The van der Waals surface area contributed by atoms with Gasteiger partial charge < -0.3 is 15.1 Å². The first-order valence-corrected chi connectivity index (χ1v) is 6.68. The van der Waals surface area contributed by atoms with Crippen molar-refractivity contribution in [3.8, 4) is 0 Å². The van der Waals surface area contributed by atoms with Gasteiger partial charge in [-0.3, -0.25) is 9.59 Å². The topological polar surface area (TPSA) is 52.7 Å². The van der Waals surface area contributed by atoms with E-state index in [0.29, 0.717) is 13.1 Å². The van der Waals surface area contributed by atoms with Crippen LogP contribution in [0.25, 0.3) is 0 Å². The van der Waals surface area contributed by atoms with E-state index in [2.05, 4.69) is 5.32 Å². The zero-order chi connectivity index (χ0) is 15.0. The van der Waals surface area contributed by atoms with Crippen LogP contribution in [0.1, 0.15) is 12.0 Å². The maximum absolute atomic E-state index is 11.9. The van der Waals surface area contributed by atoms with E-state index in [1.807, 2.05) is 49.3 Å². The molecule has 1 aromatic carbocycles. The van der Waals surface area contributed by atoms with Gasteiger partial charge >= 0.3 is 0 Å². The molecule has 20 heavy (non-hydrogen) atoms. The fourth-order valence-electron chi connectivity index (χ4n) is 1.70. The number of carbonyl (C=O) groups is 2. The molecule has 0 saturated heterocycles. The summed E-state index contributed by atoms with van der Waals surface area (Å²) in [5.74, 6) is -0.395. The van der Waals surface area contributed by atoms with Gasteiger partial charge in [0.2, 0.25) is 11.8 Å². The van der Waals surface area contributed by atoms with E-state index < -0.39 is 0 Å². The molecule has 0 unspecified atom stereocenters. The summed E-state index contributed by atoms with van der Waals surface area (Å²) < 4.78 is 0. The minimum absolute atomic E-state index is 0.100. The number of carbonyl (C=O) groups excluding carboxylic acids is 2. The second-order valence-corrected chi connectivity index (χ2v) is 5.07. The first kappa shape index (κ1) is 16.2. The zero-order valence-corrected chi connectivity index (χ0v) is 12.4. The van der Waals surface area contributed by atoms with Crippen molar-refractivity contribution >= 4 is 11.8 Å². The Hall–Kier alpha value is -1.88. The molecule has 5 heteroatoms. The lowest BCUT2D eigenvalue weighted by Crippen LogP contribution is -2.35. The van der Waals surface area contributed by atoms with Crippen LogP contribution in [-0.2, 0) is 16.1 Å². The second kappa shape index (κ2) is 8.32. The number of amides is 2. The maximum atomic E-state index is 11.9. The summed E-state index contributed by atoms with van der Waals surface area (Å²) >= 11 is 0. The first-order chi connectivity index (χ1) is 9.49. The van der Waals surface area contributed by atoms with Gasteiger partial charge in [-0.25, -0.2) is 0 Å². The highest BCUT2D eigenvalue weighted by Gasteiger charge is 2.13. The molecule has 0 aliphatic heterocycles.